The van der Waals surface area contributed by atoms with E-state index in [9.17, 15) is 14.0 Å². The lowest BCUT2D eigenvalue weighted by Crippen LogP contribution is -2.00. The Morgan fingerprint density at radius 2 is 1.76 bits per heavy atom. The van der Waals surface area contributed by atoms with Crippen LogP contribution >= 0.6 is 11.6 Å². The predicted octanol–water partition coefficient (Wildman–Crippen LogP) is 5.01. The van der Waals surface area contributed by atoms with E-state index >= 15 is 0 Å². The van der Waals surface area contributed by atoms with E-state index < -0.39 is 12.1 Å². The molecule has 4 nitrogen and oxygen atoms in total. The number of hydrogen-bond donors (Lipinski definition) is 0. The van der Waals surface area contributed by atoms with Crippen molar-refractivity contribution in [2.75, 3.05) is 7.11 Å². The van der Waals surface area contributed by atoms with Crippen LogP contribution in [-0.4, -0.2) is 16.9 Å². The molecule has 3 aromatic rings. The van der Waals surface area contributed by atoms with Gasteiger partial charge in [0.1, 0.15) is 23.1 Å². The highest BCUT2D eigenvalue weighted by molar-refractivity contribution is 6.30. The summed E-state index contributed by atoms with van der Waals surface area (Å²) in [5, 5.41) is 13.9. The summed E-state index contributed by atoms with van der Waals surface area (Å²) in [6.45, 7) is 0. The summed E-state index contributed by atoms with van der Waals surface area (Å²) in [7, 11) is 1.53. The van der Waals surface area contributed by atoms with E-state index in [4.69, 9.17) is 16.3 Å². The third kappa shape index (κ3) is 3.19. The maximum atomic E-state index is 13.4. The molecule has 0 bridgehead atoms. The molecule has 0 N–H and O–H groups in total. The minimum atomic E-state index is -2.86. The molecule has 7 heteroatoms. The molecule has 0 fully saturated rings. The van der Waals surface area contributed by atoms with Gasteiger partial charge in [-0.05, 0) is 48.5 Å². The number of aromatic nitrogens is 2. The molecule has 0 unspecified atom stereocenters. The van der Waals surface area contributed by atoms with Crippen LogP contribution in [0.2, 0.25) is 5.02 Å². The van der Waals surface area contributed by atoms with E-state index in [1.54, 1.807) is 48.5 Å². The summed E-state index contributed by atoms with van der Waals surface area (Å²) < 4.78 is 33.2. The van der Waals surface area contributed by atoms with Crippen LogP contribution in [0.4, 0.5) is 8.78 Å². The molecular formula is C18H12ClF2N3O. The molecular weight excluding hydrogens is 348 g/mol. The Hall–Kier alpha value is -2.91. The van der Waals surface area contributed by atoms with Crippen LogP contribution in [0.25, 0.3) is 16.9 Å². The van der Waals surface area contributed by atoms with Crippen molar-refractivity contribution in [3.8, 4) is 28.8 Å². The molecule has 0 amide bonds. The Morgan fingerprint density at radius 3 is 2.28 bits per heavy atom. The monoisotopic (exact) mass is 359 g/mol. The van der Waals surface area contributed by atoms with Crippen molar-refractivity contribution in [3.63, 3.8) is 0 Å². The zero-order valence-electron chi connectivity index (χ0n) is 13.1. The number of hydrogen-bond acceptors (Lipinski definition) is 3. The minimum absolute atomic E-state index is 0.157. The molecule has 0 atom stereocenters. The number of rotatable bonds is 4. The molecule has 0 radical (unpaired) electrons. The molecule has 2 aromatic carbocycles. The average Bonchev–Trinajstić information content (AvgIpc) is 3.02. The second-order valence-electron chi connectivity index (χ2n) is 5.14. The summed E-state index contributed by atoms with van der Waals surface area (Å²) in [5.74, 6) is 0.619. The van der Waals surface area contributed by atoms with Crippen LogP contribution in [0.3, 0.4) is 0 Å². The summed E-state index contributed by atoms with van der Waals surface area (Å²) in [4.78, 5) is 0. The Bertz CT molecular complexity index is 929. The molecule has 0 aliphatic heterocycles. The highest BCUT2D eigenvalue weighted by Crippen LogP contribution is 2.34. The fourth-order valence-corrected chi connectivity index (χ4v) is 2.61. The van der Waals surface area contributed by atoms with Crippen molar-refractivity contribution in [1.82, 2.24) is 9.78 Å². The SMILES string of the molecule is COc1ccc(-c2c(C#N)c(C(F)F)nn2-c2ccc(Cl)cc2)cc1. The van der Waals surface area contributed by atoms with E-state index in [1.807, 2.05) is 6.07 Å². The van der Waals surface area contributed by atoms with Gasteiger partial charge in [-0.1, -0.05) is 11.6 Å². The molecule has 1 aromatic heterocycles. The number of methoxy groups -OCH3 is 1. The van der Waals surface area contributed by atoms with Gasteiger partial charge in [0.25, 0.3) is 6.43 Å². The molecule has 126 valence electrons. The Labute approximate surface area is 147 Å². The second kappa shape index (κ2) is 6.91. The molecule has 1 heterocycles. The number of benzene rings is 2. The second-order valence-corrected chi connectivity index (χ2v) is 5.57. The first-order valence-corrected chi connectivity index (χ1v) is 7.64. The topological polar surface area (TPSA) is 50.8 Å². The van der Waals surface area contributed by atoms with Crippen LogP contribution in [-0.2, 0) is 0 Å². The largest absolute Gasteiger partial charge is 0.497 e. The van der Waals surface area contributed by atoms with Gasteiger partial charge in [-0.2, -0.15) is 10.4 Å². The molecule has 0 aliphatic carbocycles. The molecule has 0 aliphatic rings. The number of halogens is 3. The first kappa shape index (κ1) is 16.9. The highest BCUT2D eigenvalue weighted by Gasteiger charge is 2.25. The summed E-state index contributed by atoms with van der Waals surface area (Å²) >= 11 is 5.89. The number of nitrogens with zero attached hydrogens (tertiary/aromatic N) is 3. The molecule has 3 rings (SSSR count). The van der Waals surface area contributed by atoms with Gasteiger partial charge in [0, 0.05) is 10.6 Å². The maximum absolute atomic E-state index is 13.4. The van der Waals surface area contributed by atoms with Crippen molar-refractivity contribution in [2.45, 2.75) is 6.43 Å². The van der Waals surface area contributed by atoms with Gasteiger partial charge in [0.15, 0.2) is 0 Å². The fraction of sp³-hybridized carbons (Fsp3) is 0.111. The standard InChI is InChI=1S/C18H12ClF2N3O/c1-25-14-8-2-11(3-9-14)17-15(10-22)16(18(20)21)23-24(17)13-6-4-12(19)5-7-13/h2-9,18H,1H3. The molecule has 0 saturated carbocycles. The molecule has 0 saturated heterocycles. The smallest absolute Gasteiger partial charge is 0.283 e. The van der Waals surface area contributed by atoms with Gasteiger partial charge in [-0.15, -0.1) is 0 Å². The van der Waals surface area contributed by atoms with Crippen molar-refractivity contribution in [3.05, 3.63) is 64.8 Å². The number of nitriles is 1. The van der Waals surface area contributed by atoms with E-state index in [-0.39, 0.29) is 5.56 Å². The third-order valence-corrected chi connectivity index (χ3v) is 3.92. The van der Waals surface area contributed by atoms with Crippen LogP contribution in [0, 0.1) is 11.3 Å². The number of alkyl halides is 2. The van der Waals surface area contributed by atoms with Crippen LogP contribution < -0.4 is 4.74 Å². The maximum Gasteiger partial charge on any atom is 0.283 e. The summed E-state index contributed by atoms with van der Waals surface area (Å²) in [5.41, 5.74) is 0.687. The first-order chi connectivity index (χ1) is 12.0. The summed E-state index contributed by atoms with van der Waals surface area (Å²) in [6, 6.07) is 15.2. The van der Waals surface area contributed by atoms with E-state index in [1.165, 1.54) is 11.8 Å². The minimum Gasteiger partial charge on any atom is -0.497 e. The van der Waals surface area contributed by atoms with Crippen molar-refractivity contribution in [2.24, 2.45) is 0 Å². The summed E-state index contributed by atoms with van der Waals surface area (Å²) in [6.07, 6.45) is -2.86. The van der Waals surface area contributed by atoms with Gasteiger partial charge in [-0.25, -0.2) is 13.5 Å². The van der Waals surface area contributed by atoms with E-state index in [0.717, 1.165) is 0 Å². The van der Waals surface area contributed by atoms with Gasteiger partial charge >= 0.3 is 0 Å². The lowest BCUT2D eigenvalue weighted by atomic mass is 10.1. The lowest BCUT2D eigenvalue weighted by molar-refractivity contribution is 0.145. The zero-order valence-corrected chi connectivity index (χ0v) is 13.8. The quantitative estimate of drug-likeness (QED) is 0.658. The van der Waals surface area contributed by atoms with Gasteiger partial charge < -0.3 is 4.74 Å². The van der Waals surface area contributed by atoms with Crippen LogP contribution in [0.15, 0.2) is 48.5 Å². The van der Waals surface area contributed by atoms with E-state index in [2.05, 4.69) is 5.10 Å². The third-order valence-electron chi connectivity index (χ3n) is 3.67. The lowest BCUT2D eigenvalue weighted by Gasteiger charge is -2.09. The predicted molar refractivity (Wildman–Crippen MR) is 90.2 cm³/mol. The van der Waals surface area contributed by atoms with Crippen LogP contribution in [0.5, 0.6) is 5.75 Å². The van der Waals surface area contributed by atoms with Crippen molar-refractivity contribution < 1.29 is 13.5 Å². The van der Waals surface area contributed by atoms with Gasteiger partial charge in [0.05, 0.1) is 18.5 Å². The van der Waals surface area contributed by atoms with Gasteiger partial charge in [-0.3, -0.25) is 0 Å². The van der Waals surface area contributed by atoms with Gasteiger partial charge in [0.2, 0.25) is 0 Å². The fourth-order valence-electron chi connectivity index (χ4n) is 2.48. The Balaban J connectivity index is 2.26. The zero-order chi connectivity index (χ0) is 18.0. The average molecular weight is 360 g/mol. The molecule has 25 heavy (non-hydrogen) atoms. The Morgan fingerprint density at radius 1 is 1.12 bits per heavy atom. The highest BCUT2D eigenvalue weighted by atomic mass is 35.5. The first-order valence-electron chi connectivity index (χ1n) is 7.26. The Kier molecular flexibility index (Phi) is 4.68. The van der Waals surface area contributed by atoms with Crippen molar-refractivity contribution in [1.29, 1.82) is 5.26 Å². The van der Waals surface area contributed by atoms with Crippen LogP contribution in [0.1, 0.15) is 17.7 Å². The normalized spacial score (nSPS) is 10.7. The number of ether oxygens (including phenoxy) is 1. The molecule has 0 spiro atoms. The van der Waals surface area contributed by atoms with Crippen molar-refractivity contribution >= 4 is 11.6 Å². The van der Waals surface area contributed by atoms with E-state index in [0.29, 0.717) is 27.7 Å².